The lowest BCUT2D eigenvalue weighted by molar-refractivity contribution is -0.00976. The fourth-order valence-electron chi connectivity index (χ4n) is 2.39. The van der Waals surface area contributed by atoms with E-state index in [0.29, 0.717) is 30.8 Å². The predicted molar refractivity (Wildman–Crippen MR) is 103 cm³/mol. The average Bonchev–Trinajstić information content (AvgIpc) is 3.04. The molecule has 5 N–H and O–H groups in total. The predicted octanol–water partition coefficient (Wildman–Crippen LogP) is 0.608. The van der Waals surface area contributed by atoms with Crippen LogP contribution in [0.1, 0.15) is 13.3 Å². The monoisotopic (exact) mass is 418 g/mol. The first-order valence-corrected chi connectivity index (χ1v) is 10.5. The number of hydrogen-bond acceptors (Lipinski definition) is 10. The average molecular weight is 418 g/mol. The molecule has 0 aliphatic carbocycles. The molecule has 0 fully saturated rings. The van der Waals surface area contributed by atoms with Gasteiger partial charge in [-0.1, -0.05) is 0 Å². The van der Waals surface area contributed by atoms with Crippen molar-refractivity contribution in [3.05, 3.63) is 6.33 Å². The quantitative estimate of drug-likeness (QED) is 0.307. The topological polar surface area (TPSA) is 170 Å². The van der Waals surface area contributed by atoms with Crippen molar-refractivity contribution in [2.24, 2.45) is 0 Å². The van der Waals surface area contributed by atoms with Gasteiger partial charge in [0.1, 0.15) is 11.9 Å². The van der Waals surface area contributed by atoms with Crippen molar-refractivity contribution >= 4 is 30.5 Å². The maximum absolute atomic E-state index is 12.1. The van der Waals surface area contributed by atoms with Gasteiger partial charge in [-0.25, -0.2) is 4.98 Å². The molecule has 28 heavy (non-hydrogen) atoms. The van der Waals surface area contributed by atoms with Crippen molar-refractivity contribution in [3.63, 3.8) is 0 Å². The minimum Gasteiger partial charge on any atom is -0.385 e. The van der Waals surface area contributed by atoms with Crippen molar-refractivity contribution in [2.75, 3.05) is 51.4 Å². The van der Waals surface area contributed by atoms with E-state index in [9.17, 15) is 9.46 Å². The Kier molecular flexibility index (Phi) is 8.55. The molecule has 0 radical (unpaired) electrons. The molecule has 0 aromatic carbocycles. The van der Waals surface area contributed by atoms with Gasteiger partial charge in [0.15, 0.2) is 11.5 Å². The minimum atomic E-state index is -3.90. The Morgan fingerprint density at radius 2 is 2.11 bits per heavy atom. The van der Waals surface area contributed by atoms with Crippen LogP contribution in [0.3, 0.4) is 0 Å². The van der Waals surface area contributed by atoms with Gasteiger partial charge in [0, 0.05) is 20.3 Å². The second kappa shape index (κ2) is 10.6. The molecule has 0 spiro atoms. The Hall–Kier alpha value is -1.82. The van der Waals surface area contributed by atoms with Crippen molar-refractivity contribution < 1.29 is 28.2 Å². The zero-order valence-electron chi connectivity index (χ0n) is 16.0. The van der Waals surface area contributed by atoms with E-state index < -0.39 is 20.0 Å². The maximum atomic E-state index is 12.1. The third-order valence-electron chi connectivity index (χ3n) is 3.68. The maximum Gasteiger partial charge on any atom is 0.353 e. The van der Waals surface area contributed by atoms with Gasteiger partial charge in [0.2, 0.25) is 5.95 Å². The van der Waals surface area contributed by atoms with Gasteiger partial charge in [-0.15, -0.1) is 0 Å². The summed E-state index contributed by atoms with van der Waals surface area (Å²) in [7, 11) is -2.35. The van der Waals surface area contributed by atoms with E-state index in [1.54, 1.807) is 11.7 Å². The number of fused-ring (bicyclic) bond motifs is 1. The van der Waals surface area contributed by atoms with Crippen LogP contribution in [0.15, 0.2) is 6.33 Å². The lowest BCUT2D eigenvalue weighted by atomic mass is 10.3. The summed E-state index contributed by atoms with van der Waals surface area (Å²) in [5.74, 6) is 0.200. The Morgan fingerprint density at radius 3 is 2.82 bits per heavy atom. The SMILES string of the molecule is CCOC[C@@H](Cn1cnc2c(N)nc(N)nc21)OCP(=O)(O)OCCCOC. The van der Waals surface area contributed by atoms with Gasteiger partial charge in [-0.2, -0.15) is 9.97 Å². The summed E-state index contributed by atoms with van der Waals surface area (Å²) in [6, 6.07) is 0. The molecule has 0 saturated heterocycles. The number of anilines is 2. The highest BCUT2D eigenvalue weighted by molar-refractivity contribution is 7.52. The Bertz CT molecular complexity index is 803. The first-order chi connectivity index (χ1) is 13.4. The number of nitrogens with two attached hydrogens (primary N) is 2. The Balaban J connectivity index is 2.03. The van der Waals surface area contributed by atoms with Gasteiger partial charge in [0.05, 0.1) is 32.2 Å². The van der Waals surface area contributed by atoms with E-state index >= 15 is 0 Å². The fourth-order valence-corrected chi connectivity index (χ4v) is 3.27. The first kappa shape index (κ1) is 22.5. The van der Waals surface area contributed by atoms with Crippen LogP contribution >= 0.6 is 7.60 Å². The molecule has 0 amide bonds. The molecule has 0 aliphatic rings. The fraction of sp³-hybridized carbons (Fsp3) is 0.667. The van der Waals surface area contributed by atoms with Crippen LogP contribution in [-0.2, 0) is 29.8 Å². The molecule has 2 heterocycles. The number of imidazole rings is 1. The molecule has 158 valence electrons. The molecule has 2 rings (SSSR count). The van der Waals surface area contributed by atoms with Crippen LogP contribution in [0, 0.1) is 0 Å². The number of hydrogen-bond donors (Lipinski definition) is 3. The standard InChI is InChI=1S/C15H27N6O6P/c1-3-25-8-11(26-10-28(22,23)27-6-4-5-24-2)7-21-9-18-12-13(16)19-15(17)20-14(12)21/h9,11H,3-8,10H2,1-2H3,(H,22,23)(H4,16,17,19,20)/t11-/m1/s1. The van der Waals surface area contributed by atoms with Crippen LogP contribution < -0.4 is 11.5 Å². The van der Waals surface area contributed by atoms with E-state index in [1.165, 1.54) is 6.33 Å². The second-order valence-corrected chi connectivity index (χ2v) is 7.72. The van der Waals surface area contributed by atoms with Crippen molar-refractivity contribution in [1.82, 2.24) is 19.5 Å². The zero-order valence-corrected chi connectivity index (χ0v) is 16.9. The van der Waals surface area contributed by atoms with E-state index in [-0.39, 0.29) is 31.5 Å². The molecule has 0 bridgehead atoms. The van der Waals surface area contributed by atoms with Crippen LogP contribution in [0.5, 0.6) is 0 Å². The molecular weight excluding hydrogens is 391 g/mol. The lowest BCUT2D eigenvalue weighted by Gasteiger charge is -2.20. The Morgan fingerprint density at radius 1 is 1.32 bits per heavy atom. The van der Waals surface area contributed by atoms with Crippen LogP contribution in [0.4, 0.5) is 11.8 Å². The first-order valence-electron chi connectivity index (χ1n) is 8.74. The molecule has 2 aromatic heterocycles. The molecular formula is C15H27N6O6P. The Labute approximate surface area is 162 Å². The second-order valence-electron chi connectivity index (χ2n) is 5.93. The van der Waals surface area contributed by atoms with Crippen LogP contribution in [0.2, 0.25) is 0 Å². The van der Waals surface area contributed by atoms with Crippen molar-refractivity contribution in [1.29, 1.82) is 0 Å². The van der Waals surface area contributed by atoms with Crippen molar-refractivity contribution in [2.45, 2.75) is 26.0 Å². The molecule has 0 aliphatic heterocycles. The number of nitrogens with zero attached hydrogens (tertiary/aromatic N) is 4. The lowest BCUT2D eigenvalue weighted by Crippen LogP contribution is -2.26. The summed E-state index contributed by atoms with van der Waals surface area (Å²) in [5, 5.41) is 0. The summed E-state index contributed by atoms with van der Waals surface area (Å²) in [6.45, 7) is 3.31. The zero-order chi connectivity index (χ0) is 20.6. The number of rotatable bonds is 13. The minimum absolute atomic E-state index is 0.0262. The van der Waals surface area contributed by atoms with Gasteiger partial charge in [-0.3, -0.25) is 4.57 Å². The molecule has 12 nitrogen and oxygen atoms in total. The van der Waals surface area contributed by atoms with Gasteiger partial charge >= 0.3 is 7.60 Å². The summed E-state index contributed by atoms with van der Waals surface area (Å²) in [6.07, 6.45) is 1.02. The summed E-state index contributed by atoms with van der Waals surface area (Å²) in [4.78, 5) is 22.1. The third-order valence-corrected chi connectivity index (χ3v) is 4.74. The van der Waals surface area contributed by atoms with Crippen LogP contribution in [0.25, 0.3) is 11.2 Å². The highest BCUT2D eigenvalue weighted by Gasteiger charge is 2.23. The highest BCUT2D eigenvalue weighted by Crippen LogP contribution is 2.42. The summed E-state index contributed by atoms with van der Waals surface area (Å²) in [5.41, 5.74) is 12.3. The van der Waals surface area contributed by atoms with E-state index in [1.807, 2.05) is 6.92 Å². The molecule has 2 aromatic rings. The van der Waals surface area contributed by atoms with Crippen molar-refractivity contribution in [3.8, 4) is 0 Å². The van der Waals surface area contributed by atoms with E-state index in [4.69, 9.17) is 30.2 Å². The van der Waals surface area contributed by atoms with Crippen LogP contribution in [-0.4, -0.2) is 70.4 Å². The smallest absolute Gasteiger partial charge is 0.353 e. The van der Waals surface area contributed by atoms with E-state index in [0.717, 1.165) is 0 Å². The largest absolute Gasteiger partial charge is 0.385 e. The molecule has 13 heteroatoms. The van der Waals surface area contributed by atoms with Gasteiger partial charge in [-0.05, 0) is 13.3 Å². The number of ether oxygens (including phenoxy) is 3. The van der Waals surface area contributed by atoms with Gasteiger partial charge in [0.25, 0.3) is 0 Å². The third kappa shape index (κ3) is 6.66. The summed E-state index contributed by atoms with van der Waals surface area (Å²) < 4.78 is 34.7. The number of aromatic nitrogens is 4. The summed E-state index contributed by atoms with van der Waals surface area (Å²) >= 11 is 0. The van der Waals surface area contributed by atoms with Gasteiger partial charge < -0.3 is 39.7 Å². The number of methoxy groups -OCH3 is 1. The molecule has 0 saturated carbocycles. The van der Waals surface area contributed by atoms with E-state index in [2.05, 4.69) is 15.0 Å². The highest BCUT2D eigenvalue weighted by atomic mass is 31.2. The number of nitrogen functional groups attached to an aromatic ring is 2. The molecule has 1 unspecified atom stereocenters. The normalized spacial score (nSPS) is 15.0. The molecule has 2 atom stereocenters.